The molecule has 0 aliphatic carbocycles. The lowest BCUT2D eigenvalue weighted by Crippen LogP contribution is -2.21. The zero-order valence-electron chi connectivity index (χ0n) is 9.48. The van der Waals surface area contributed by atoms with Crippen molar-refractivity contribution in [2.45, 2.75) is 19.6 Å². The fourth-order valence-electron chi connectivity index (χ4n) is 1.44. The predicted octanol–water partition coefficient (Wildman–Crippen LogP) is 1.52. The van der Waals surface area contributed by atoms with Crippen LogP contribution in [-0.4, -0.2) is 26.8 Å². The van der Waals surface area contributed by atoms with Gasteiger partial charge in [0.2, 0.25) is 0 Å². The highest BCUT2D eigenvalue weighted by atomic mass is 16.5. The summed E-state index contributed by atoms with van der Waals surface area (Å²) in [7, 11) is 0. The fraction of sp³-hybridized carbons (Fsp3) is 0.250. The molecule has 2 aromatic rings. The Labute approximate surface area is 99.1 Å². The van der Waals surface area contributed by atoms with Crippen molar-refractivity contribution in [3.8, 4) is 0 Å². The van der Waals surface area contributed by atoms with Crippen LogP contribution in [0.3, 0.4) is 0 Å². The number of esters is 1. The third-order valence-corrected chi connectivity index (χ3v) is 2.19. The second kappa shape index (κ2) is 5.25. The van der Waals surface area contributed by atoms with Crippen molar-refractivity contribution in [1.82, 2.24) is 14.8 Å². The second-order valence-electron chi connectivity index (χ2n) is 3.66. The number of rotatable bonds is 4. The highest BCUT2D eigenvalue weighted by Crippen LogP contribution is 2.02. The van der Waals surface area contributed by atoms with Gasteiger partial charge >= 0.3 is 5.97 Å². The molecule has 0 unspecified atom stereocenters. The summed E-state index contributed by atoms with van der Waals surface area (Å²) in [5.41, 5.74) is 0.319. The molecule has 2 aromatic heterocycles. The van der Waals surface area contributed by atoms with Crippen molar-refractivity contribution in [3.63, 3.8) is 0 Å². The maximum atomic E-state index is 11.7. The molecule has 0 amide bonds. The summed E-state index contributed by atoms with van der Waals surface area (Å²) in [6.07, 6.45) is 4.83. The Morgan fingerprint density at radius 1 is 1.41 bits per heavy atom. The summed E-state index contributed by atoms with van der Waals surface area (Å²) < 4.78 is 6.97. The van der Waals surface area contributed by atoms with E-state index >= 15 is 0 Å². The first-order chi connectivity index (χ1) is 8.25. The molecule has 0 saturated carbocycles. The lowest BCUT2D eigenvalue weighted by molar-refractivity contribution is 0.0292. The third-order valence-electron chi connectivity index (χ3n) is 2.19. The number of carbonyl (C=O) groups excluding carboxylic acids is 1. The van der Waals surface area contributed by atoms with E-state index < -0.39 is 5.97 Å². The van der Waals surface area contributed by atoms with Crippen LogP contribution in [-0.2, 0) is 11.3 Å². The molecule has 0 saturated heterocycles. The van der Waals surface area contributed by atoms with Gasteiger partial charge in [-0.2, -0.15) is 5.10 Å². The summed E-state index contributed by atoms with van der Waals surface area (Å²) in [6, 6.07) is 6.96. The maximum Gasteiger partial charge on any atom is 0.357 e. The maximum absolute atomic E-state index is 11.7. The molecule has 0 spiro atoms. The Kier molecular flexibility index (Phi) is 3.49. The van der Waals surface area contributed by atoms with Crippen LogP contribution in [0.25, 0.3) is 0 Å². The van der Waals surface area contributed by atoms with Gasteiger partial charge in [0.15, 0.2) is 0 Å². The first-order valence-corrected chi connectivity index (χ1v) is 5.35. The van der Waals surface area contributed by atoms with Gasteiger partial charge in [-0.25, -0.2) is 9.78 Å². The zero-order chi connectivity index (χ0) is 12.1. The van der Waals surface area contributed by atoms with Gasteiger partial charge in [0, 0.05) is 18.6 Å². The van der Waals surface area contributed by atoms with Gasteiger partial charge in [-0.3, -0.25) is 4.68 Å². The number of hydrogen-bond donors (Lipinski definition) is 0. The molecule has 0 bridgehead atoms. The minimum Gasteiger partial charge on any atom is -0.456 e. The molecule has 0 aromatic carbocycles. The highest BCUT2D eigenvalue weighted by molar-refractivity contribution is 5.87. The van der Waals surface area contributed by atoms with Gasteiger partial charge in [0.05, 0.1) is 6.54 Å². The number of hydrogen-bond acceptors (Lipinski definition) is 4. The molecule has 5 heteroatoms. The smallest absolute Gasteiger partial charge is 0.357 e. The highest BCUT2D eigenvalue weighted by Gasteiger charge is 2.13. The van der Waals surface area contributed by atoms with Gasteiger partial charge in [-0.1, -0.05) is 6.07 Å². The molecule has 1 atom stereocenters. The molecule has 0 radical (unpaired) electrons. The van der Waals surface area contributed by atoms with E-state index in [0.717, 1.165) is 0 Å². The van der Waals surface area contributed by atoms with Gasteiger partial charge in [-0.15, -0.1) is 0 Å². The van der Waals surface area contributed by atoms with Crippen molar-refractivity contribution in [1.29, 1.82) is 0 Å². The average Bonchev–Trinajstić information content (AvgIpc) is 2.82. The van der Waals surface area contributed by atoms with Crippen molar-refractivity contribution in [2.75, 3.05) is 0 Å². The van der Waals surface area contributed by atoms with E-state index in [-0.39, 0.29) is 6.10 Å². The summed E-state index contributed by atoms with van der Waals surface area (Å²) in [5.74, 6) is -0.412. The van der Waals surface area contributed by atoms with E-state index in [1.807, 2.05) is 19.2 Å². The molecule has 0 aliphatic heterocycles. The minimum absolute atomic E-state index is 0.246. The molecule has 0 N–H and O–H groups in total. The molecule has 2 rings (SSSR count). The van der Waals surface area contributed by atoms with Crippen LogP contribution in [0.2, 0.25) is 0 Å². The molecule has 88 valence electrons. The summed E-state index contributed by atoms with van der Waals surface area (Å²) in [4.78, 5) is 15.6. The van der Waals surface area contributed by atoms with Gasteiger partial charge in [0.25, 0.3) is 0 Å². The van der Waals surface area contributed by atoms with Gasteiger partial charge in [0.1, 0.15) is 11.8 Å². The van der Waals surface area contributed by atoms with Crippen LogP contribution in [0.5, 0.6) is 0 Å². The van der Waals surface area contributed by atoms with Crippen LogP contribution in [0.4, 0.5) is 0 Å². The first-order valence-electron chi connectivity index (χ1n) is 5.35. The standard InChI is InChI=1S/C12H13N3O2/c1-10(9-15-8-4-7-14-15)17-12(16)11-5-2-3-6-13-11/h2-8,10H,9H2,1H3/t10-/m1/s1. The Bertz CT molecular complexity index is 468. The summed E-state index contributed by atoms with van der Waals surface area (Å²) >= 11 is 0. The Morgan fingerprint density at radius 2 is 2.29 bits per heavy atom. The molecule has 2 heterocycles. The van der Waals surface area contributed by atoms with Crippen molar-refractivity contribution in [3.05, 3.63) is 48.5 Å². The molecule has 0 fully saturated rings. The lowest BCUT2D eigenvalue weighted by Gasteiger charge is -2.12. The Hall–Kier alpha value is -2.17. The van der Waals surface area contributed by atoms with E-state index in [1.54, 1.807) is 35.3 Å². The number of pyridine rings is 1. The van der Waals surface area contributed by atoms with Crippen molar-refractivity contribution in [2.24, 2.45) is 0 Å². The van der Waals surface area contributed by atoms with Crippen LogP contribution in [0.15, 0.2) is 42.9 Å². The monoisotopic (exact) mass is 231 g/mol. The largest absolute Gasteiger partial charge is 0.456 e. The molecule has 0 aliphatic rings. The fourth-order valence-corrected chi connectivity index (χ4v) is 1.44. The Morgan fingerprint density at radius 3 is 2.94 bits per heavy atom. The minimum atomic E-state index is -0.412. The summed E-state index contributed by atoms with van der Waals surface area (Å²) in [6.45, 7) is 2.36. The predicted molar refractivity (Wildman–Crippen MR) is 61.3 cm³/mol. The van der Waals surface area contributed by atoms with Crippen LogP contribution in [0, 0.1) is 0 Å². The van der Waals surface area contributed by atoms with Gasteiger partial charge in [-0.05, 0) is 25.1 Å². The van der Waals surface area contributed by atoms with Crippen molar-refractivity contribution >= 4 is 5.97 Å². The van der Waals surface area contributed by atoms with E-state index in [4.69, 9.17) is 4.74 Å². The third kappa shape index (κ3) is 3.14. The van der Waals surface area contributed by atoms with Crippen molar-refractivity contribution < 1.29 is 9.53 Å². The SMILES string of the molecule is C[C@H](Cn1cccn1)OC(=O)c1ccccn1. The van der Waals surface area contributed by atoms with Crippen LogP contribution < -0.4 is 0 Å². The van der Waals surface area contributed by atoms with E-state index in [0.29, 0.717) is 12.2 Å². The van der Waals surface area contributed by atoms with Crippen LogP contribution >= 0.6 is 0 Å². The Balaban J connectivity index is 1.91. The number of nitrogens with zero attached hydrogens (tertiary/aromatic N) is 3. The number of aromatic nitrogens is 3. The topological polar surface area (TPSA) is 57.0 Å². The second-order valence-corrected chi connectivity index (χ2v) is 3.66. The number of carbonyl (C=O) groups is 1. The average molecular weight is 231 g/mol. The molecular formula is C12H13N3O2. The normalized spacial score (nSPS) is 12.1. The zero-order valence-corrected chi connectivity index (χ0v) is 9.48. The molecule has 17 heavy (non-hydrogen) atoms. The van der Waals surface area contributed by atoms with E-state index in [9.17, 15) is 4.79 Å². The quantitative estimate of drug-likeness (QED) is 0.749. The summed E-state index contributed by atoms with van der Waals surface area (Å²) in [5, 5.41) is 4.05. The van der Waals surface area contributed by atoms with Gasteiger partial charge < -0.3 is 4.74 Å². The van der Waals surface area contributed by atoms with Crippen LogP contribution in [0.1, 0.15) is 17.4 Å². The lowest BCUT2D eigenvalue weighted by atomic mass is 10.3. The molecular weight excluding hydrogens is 218 g/mol. The van der Waals surface area contributed by atoms with E-state index in [1.165, 1.54) is 0 Å². The number of ether oxygens (including phenoxy) is 1. The first kappa shape index (κ1) is 11.3. The van der Waals surface area contributed by atoms with E-state index in [2.05, 4.69) is 10.1 Å². The molecule has 5 nitrogen and oxygen atoms in total.